The van der Waals surface area contributed by atoms with Crippen LogP contribution in [0.15, 0.2) is 0 Å². The topological polar surface area (TPSA) is 46.0 Å². The molecule has 1 aromatic rings. The molecular weight excluding hydrogens is 250 g/mol. The van der Waals surface area contributed by atoms with Gasteiger partial charge in [0.2, 0.25) is 0 Å². The van der Waals surface area contributed by atoms with Crippen molar-refractivity contribution in [2.24, 2.45) is 5.92 Å². The Balaban J connectivity index is 1.60. The highest BCUT2D eigenvalue weighted by Crippen LogP contribution is 2.18. The lowest BCUT2D eigenvalue weighted by Crippen LogP contribution is -2.36. The van der Waals surface area contributed by atoms with E-state index in [1.54, 1.807) is 0 Å². The number of aryl methyl sites for hydroxylation is 1. The molecule has 112 valence electrons. The van der Waals surface area contributed by atoms with Crippen molar-refractivity contribution >= 4 is 0 Å². The second kappa shape index (κ2) is 6.68. The van der Waals surface area contributed by atoms with Gasteiger partial charge in [-0.15, -0.1) is 10.2 Å². The highest BCUT2D eigenvalue weighted by atomic mass is 15.3. The maximum Gasteiger partial charge on any atom is 0.147 e. The predicted octanol–water partition coefficient (Wildman–Crippen LogP) is 1.44. The van der Waals surface area contributed by atoms with Crippen LogP contribution in [0.3, 0.4) is 0 Å². The van der Waals surface area contributed by atoms with Gasteiger partial charge in [-0.2, -0.15) is 0 Å². The number of nitrogens with zero attached hydrogens (tertiary/aromatic N) is 4. The zero-order valence-electron chi connectivity index (χ0n) is 12.6. The van der Waals surface area contributed by atoms with Crippen molar-refractivity contribution in [1.29, 1.82) is 0 Å². The van der Waals surface area contributed by atoms with Crippen molar-refractivity contribution in [3.05, 3.63) is 11.6 Å². The Morgan fingerprint density at radius 3 is 2.90 bits per heavy atom. The Labute approximate surface area is 121 Å². The molecular formula is C15H27N5. The quantitative estimate of drug-likeness (QED) is 0.884. The Morgan fingerprint density at radius 2 is 2.10 bits per heavy atom. The molecule has 0 amide bonds. The van der Waals surface area contributed by atoms with Crippen LogP contribution in [-0.4, -0.2) is 45.8 Å². The van der Waals surface area contributed by atoms with Gasteiger partial charge in [0.15, 0.2) is 0 Å². The molecule has 5 heteroatoms. The summed E-state index contributed by atoms with van der Waals surface area (Å²) in [4.78, 5) is 2.54. The van der Waals surface area contributed by atoms with E-state index >= 15 is 0 Å². The summed E-state index contributed by atoms with van der Waals surface area (Å²) in [5, 5.41) is 12.3. The van der Waals surface area contributed by atoms with Crippen LogP contribution in [0.2, 0.25) is 0 Å². The van der Waals surface area contributed by atoms with Crippen LogP contribution >= 0.6 is 0 Å². The summed E-state index contributed by atoms with van der Waals surface area (Å²) in [5.74, 6) is 3.22. The maximum atomic E-state index is 4.44. The molecule has 1 saturated heterocycles. The number of hydrogen-bond donors (Lipinski definition) is 1. The second-order valence-corrected chi connectivity index (χ2v) is 6.16. The molecule has 3 heterocycles. The summed E-state index contributed by atoms with van der Waals surface area (Å²) in [6, 6.07) is 0. The Bertz CT molecular complexity index is 422. The van der Waals surface area contributed by atoms with Crippen LogP contribution < -0.4 is 5.32 Å². The van der Waals surface area contributed by atoms with Crippen molar-refractivity contribution in [3.63, 3.8) is 0 Å². The molecule has 5 nitrogen and oxygen atoms in total. The van der Waals surface area contributed by atoms with E-state index in [2.05, 4.69) is 31.9 Å². The Hall–Kier alpha value is -0.940. The molecule has 1 aromatic heterocycles. The molecule has 1 N–H and O–H groups in total. The first kappa shape index (κ1) is 14.0. The third kappa shape index (κ3) is 3.20. The first-order valence-corrected chi connectivity index (χ1v) is 8.21. The number of piperidine rings is 1. The fraction of sp³-hybridized carbons (Fsp3) is 0.867. The summed E-state index contributed by atoms with van der Waals surface area (Å²) in [6.07, 6.45) is 6.28. The number of nitrogens with one attached hydrogen (secondary N) is 1. The van der Waals surface area contributed by atoms with E-state index in [4.69, 9.17) is 0 Å². The normalized spacial score (nSPS) is 20.3. The van der Waals surface area contributed by atoms with Crippen molar-refractivity contribution in [2.45, 2.75) is 52.1 Å². The summed E-state index contributed by atoms with van der Waals surface area (Å²) in [7, 11) is 0. The number of fused-ring (bicyclic) bond motifs is 1. The fourth-order valence-electron chi connectivity index (χ4n) is 3.42. The molecule has 0 unspecified atom stereocenters. The molecule has 0 spiro atoms. The number of rotatable bonds is 5. The molecule has 1 fully saturated rings. The van der Waals surface area contributed by atoms with Crippen LogP contribution in [-0.2, 0) is 19.5 Å². The molecule has 3 rings (SSSR count). The number of aromatic nitrogens is 3. The van der Waals surface area contributed by atoms with Gasteiger partial charge in [-0.1, -0.05) is 6.92 Å². The minimum atomic E-state index is 0.847. The molecule has 0 saturated carbocycles. The Kier molecular flexibility index (Phi) is 4.68. The maximum absolute atomic E-state index is 4.44. The van der Waals surface area contributed by atoms with Gasteiger partial charge in [-0.25, -0.2) is 0 Å². The average Bonchev–Trinajstić information content (AvgIpc) is 2.91. The molecule has 0 bridgehead atoms. The van der Waals surface area contributed by atoms with E-state index in [9.17, 15) is 0 Å². The van der Waals surface area contributed by atoms with Crippen LogP contribution in [0.25, 0.3) is 0 Å². The lowest BCUT2D eigenvalue weighted by molar-refractivity contribution is 0.200. The monoisotopic (exact) mass is 277 g/mol. The van der Waals surface area contributed by atoms with Crippen molar-refractivity contribution < 1.29 is 0 Å². The molecule has 0 radical (unpaired) electrons. The minimum Gasteiger partial charge on any atom is -0.317 e. The standard InChI is InChI=1S/C15H27N5/c1-2-19(11-13-6-8-16-9-7-13)12-15-18-17-14-5-3-4-10-20(14)15/h13,16H,2-12H2,1H3. The Morgan fingerprint density at radius 1 is 1.25 bits per heavy atom. The van der Waals surface area contributed by atoms with E-state index in [1.165, 1.54) is 57.0 Å². The summed E-state index contributed by atoms with van der Waals surface area (Å²) >= 11 is 0. The molecule has 2 aliphatic rings. The van der Waals surface area contributed by atoms with Crippen molar-refractivity contribution in [3.8, 4) is 0 Å². The fourth-order valence-corrected chi connectivity index (χ4v) is 3.42. The minimum absolute atomic E-state index is 0.847. The molecule has 0 atom stereocenters. The van der Waals surface area contributed by atoms with Crippen LogP contribution in [0.1, 0.15) is 44.3 Å². The van der Waals surface area contributed by atoms with Crippen LogP contribution in [0.4, 0.5) is 0 Å². The largest absolute Gasteiger partial charge is 0.317 e. The molecule has 2 aliphatic heterocycles. The second-order valence-electron chi connectivity index (χ2n) is 6.16. The summed E-state index contributed by atoms with van der Waals surface area (Å²) in [6.45, 7) is 9.02. The molecule has 0 aliphatic carbocycles. The van der Waals surface area contributed by atoms with Gasteiger partial charge < -0.3 is 9.88 Å². The first-order valence-electron chi connectivity index (χ1n) is 8.21. The third-order valence-corrected chi connectivity index (χ3v) is 4.72. The lowest BCUT2D eigenvalue weighted by Gasteiger charge is -2.29. The third-order valence-electron chi connectivity index (χ3n) is 4.72. The smallest absolute Gasteiger partial charge is 0.147 e. The van der Waals surface area contributed by atoms with Gasteiger partial charge in [0.05, 0.1) is 6.54 Å². The van der Waals surface area contributed by atoms with Gasteiger partial charge in [0.25, 0.3) is 0 Å². The zero-order chi connectivity index (χ0) is 13.8. The zero-order valence-corrected chi connectivity index (χ0v) is 12.6. The van der Waals surface area contributed by atoms with Gasteiger partial charge in [0, 0.05) is 19.5 Å². The molecule has 20 heavy (non-hydrogen) atoms. The van der Waals surface area contributed by atoms with Gasteiger partial charge >= 0.3 is 0 Å². The number of hydrogen-bond acceptors (Lipinski definition) is 4. The van der Waals surface area contributed by atoms with E-state index < -0.39 is 0 Å². The SMILES string of the molecule is CCN(Cc1nnc2n1CCCC2)CC1CCNCC1. The average molecular weight is 277 g/mol. The predicted molar refractivity (Wildman–Crippen MR) is 79.5 cm³/mol. The van der Waals surface area contributed by atoms with Gasteiger partial charge in [-0.3, -0.25) is 4.90 Å². The van der Waals surface area contributed by atoms with E-state index in [-0.39, 0.29) is 0 Å². The lowest BCUT2D eigenvalue weighted by atomic mass is 9.97. The van der Waals surface area contributed by atoms with E-state index in [0.29, 0.717) is 0 Å². The summed E-state index contributed by atoms with van der Waals surface area (Å²) < 4.78 is 2.36. The molecule has 0 aromatic carbocycles. The van der Waals surface area contributed by atoms with E-state index in [0.717, 1.165) is 32.0 Å². The van der Waals surface area contributed by atoms with Crippen LogP contribution in [0, 0.1) is 5.92 Å². The highest BCUT2D eigenvalue weighted by Gasteiger charge is 2.20. The van der Waals surface area contributed by atoms with E-state index in [1.807, 2.05) is 0 Å². The first-order chi connectivity index (χ1) is 9.86. The summed E-state index contributed by atoms with van der Waals surface area (Å²) in [5.41, 5.74) is 0. The highest BCUT2D eigenvalue weighted by molar-refractivity contribution is 4.99. The van der Waals surface area contributed by atoms with Crippen LogP contribution in [0.5, 0.6) is 0 Å². The van der Waals surface area contributed by atoms with Gasteiger partial charge in [0.1, 0.15) is 11.6 Å². The van der Waals surface area contributed by atoms with Crippen molar-refractivity contribution in [2.75, 3.05) is 26.2 Å². The van der Waals surface area contributed by atoms with Crippen molar-refractivity contribution in [1.82, 2.24) is 25.0 Å². The van der Waals surface area contributed by atoms with Gasteiger partial charge in [-0.05, 0) is 51.2 Å².